The molecule has 0 saturated carbocycles. The molecule has 0 aliphatic heterocycles. The number of anilines is 2. The van der Waals surface area contributed by atoms with Crippen molar-refractivity contribution in [2.24, 2.45) is 0 Å². The van der Waals surface area contributed by atoms with Crippen LogP contribution < -0.4 is 11.1 Å². The standard InChI is InChI=1S/C12H11Br2N3/c1-7(13)5-16-11-3-2-10(15)9-4-8(14)6-17-12(9)11/h2-4,6,16H,1,5,15H2. The van der Waals surface area contributed by atoms with Gasteiger partial charge in [-0.15, -0.1) is 0 Å². The molecule has 2 aromatic rings. The Balaban J connectivity index is 2.50. The van der Waals surface area contributed by atoms with Gasteiger partial charge in [-0.25, -0.2) is 0 Å². The summed E-state index contributed by atoms with van der Waals surface area (Å²) in [6.45, 7) is 4.43. The van der Waals surface area contributed by atoms with Gasteiger partial charge in [0.1, 0.15) is 0 Å². The summed E-state index contributed by atoms with van der Waals surface area (Å²) in [6, 6.07) is 5.76. The molecule has 0 unspecified atom stereocenters. The highest BCUT2D eigenvalue weighted by atomic mass is 79.9. The Morgan fingerprint density at radius 2 is 2.24 bits per heavy atom. The van der Waals surface area contributed by atoms with Gasteiger partial charge in [0.15, 0.2) is 0 Å². The molecule has 2 rings (SSSR count). The summed E-state index contributed by atoms with van der Waals surface area (Å²) in [7, 11) is 0. The minimum absolute atomic E-state index is 0.650. The third kappa shape index (κ3) is 2.79. The van der Waals surface area contributed by atoms with E-state index < -0.39 is 0 Å². The van der Waals surface area contributed by atoms with E-state index in [4.69, 9.17) is 5.73 Å². The molecule has 0 radical (unpaired) electrons. The van der Waals surface area contributed by atoms with Gasteiger partial charge in [-0.1, -0.05) is 22.5 Å². The average Bonchev–Trinajstić information content (AvgIpc) is 2.28. The molecular formula is C12H11Br2N3. The lowest BCUT2D eigenvalue weighted by atomic mass is 10.1. The fraction of sp³-hybridized carbons (Fsp3) is 0.0833. The number of halogens is 2. The van der Waals surface area contributed by atoms with Gasteiger partial charge in [-0.2, -0.15) is 0 Å². The van der Waals surface area contributed by atoms with Crippen LogP contribution in [0.15, 0.2) is 39.9 Å². The second-order valence-electron chi connectivity index (χ2n) is 3.62. The van der Waals surface area contributed by atoms with Crippen molar-refractivity contribution >= 4 is 54.1 Å². The highest BCUT2D eigenvalue weighted by Gasteiger charge is 2.06. The first-order chi connectivity index (χ1) is 8.08. The molecule has 0 atom stereocenters. The summed E-state index contributed by atoms with van der Waals surface area (Å²) in [5.41, 5.74) is 8.46. The normalized spacial score (nSPS) is 10.5. The van der Waals surface area contributed by atoms with E-state index in [9.17, 15) is 0 Å². The van der Waals surface area contributed by atoms with Crippen LogP contribution in [0.1, 0.15) is 0 Å². The van der Waals surface area contributed by atoms with Crippen molar-refractivity contribution in [3.63, 3.8) is 0 Å². The third-order valence-electron chi connectivity index (χ3n) is 2.32. The zero-order chi connectivity index (χ0) is 12.4. The number of hydrogen-bond acceptors (Lipinski definition) is 3. The van der Waals surface area contributed by atoms with E-state index in [1.54, 1.807) is 6.20 Å². The van der Waals surface area contributed by atoms with E-state index >= 15 is 0 Å². The van der Waals surface area contributed by atoms with Crippen molar-refractivity contribution in [1.29, 1.82) is 0 Å². The first kappa shape index (κ1) is 12.4. The van der Waals surface area contributed by atoms with E-state index in [1.165, 1.54) is 0 Å². The number of fused-ring (bicyclic) bond motifs is 1. The zero-order valence-corrected chi connectivity index (χ0v) is 12.2. The Morgan fingerprint density at radius 1 is 1.47 bits per heavy atom. The molecule has 5 heteroatoms. The first-order valence-electron chi connectivity index (χ1n) is 4.99. The van der Waals surface area contributed by atoms with Crippen molar-refractivity contribution in [3.05, 3.63) is 39.9 Å². The van der Waals surface area contributed by atoms with E-state index in [0.717, 1.165) is 31.2 Å². The summed E-state index contributed by atoms with van der Waals surface area (Å²) in [5.74, 6) is 0. The number of nitrogens with two attached hydrogens (primary N) is 1. The highest BCUT2D eigenvalue weighted by Crippen LogP contribution is 2.28. The minimum atomic E-state index is 0.650. The fourth-order valence-electron chi connectivity index (χ4n) is 1.55. The van der Waals surface area contributed by atoms with Crippen molar-refractivity contribution in [2.45, 2.75) is 0 Å². The number of rotatable bonds is 3. The Bertz CT molecular complexity index is 581. The van der Waals surface area contributed by atoms with Gasteiger partial charge in [-0.3, -0.25) is 4.98 Å². The zero-order valence-electron chi connectivity index (χ0n) is 9.00. The third-order valence-corrected chi connectivity index (χ3v) is 3.03. The molecular weight excluding hydrogens is 346 g/mol. The van der Waals surface area contributed by atoms with Gasteiger partial charge in [0.2, 0.25) is 0 Å². The molecule has 88 valence electrons. The maximum absolute atomic E-state index is 5.93. The lowest BCUT2D eigenvalue weighted by Crippen LogP contribution is -2.02. The predicted octanol–water partition coefficient (Wildman–Crippen LogP) is 3.90. The lowest BCUT2D eigenvalue weighted by molar-refractivity contribution is 1.31. The Kier molecular flexibility index (Phi) is 3.69. The van der Waals surface area contributed by atoms with Crippen LogP contribution in [0, 0.1) is 0 Å². The Hall–Kier alpha value is -1.07. The molecule has 0 saturated heterocycles. The van der Waals surface area contributed by atoms with Crippen LogP contribution >= 0.6 is 31.9 Å². The quantitative estimate of drug-likeness (QED) is 0.820. The maximum atomic E-state index is 5.93. The number of pyridine rings is 1. The van der Waals surface area contributed by atoms with Crippen LogP contribution in [0.4, 0.5) is 11.4 Å². The Morgan fingerprint density at radius 3 is 2.94 bits per heavy atom. The summed E-state index contributed by atoms with van der Waals surface area (Å²) >= 11 is 6.71. The van der Waals surface area contributed by atoms with Gasteiger partial charge < -0.3 is 11.1 Å². The fourth-order valence-corrected chi connectivity index (χ4v) is 2.02. The Labute approximate surface area is 116 Å². The summed E-state index contributed by atoms with van der Waals surface area (Å²) in [4.78, 5) is 4.39. The van der Waals surface area contributed by atoms with Crippen LogP contribution in [-0.2, 0) is 0 Å². The maximum Gasteiger partial charge on any atom is 0.0954 e. The number of nitrogens with one attached hydrogen (secondary N) is 1. The average molecular weight is 357 g/mol. The number of nitrogens with zero attached hydrogens (tertiary/aromatic N) is 1. The smallest absolute Gasteiger partial charge is 0.0954 e. The van der Waals surface area contributed by atoms with Crippen molar-refractivity contribution in [3.8, 4) is 0 Å². The molecule has 1 aromatic carbocycles. The summed E-state index contributed by atoms with van der Waals surface area (Å²) in [6.07, 6.45) is 1.76. The van der Waals surface area contributed by atoms with E-state index in [-0.39, 0.29) is 0 Å². The molecule has 0 spiro atoms. The number of aromatic nitrogens is 1. The molecule has 1 aromatic heterocycles. The number of hydrogen-bond donors (Lipinski definition) is 2. The monoisotopic (exact) mass is 355 g/mol. The molecule has 17 heavy (non-hydrogen) atoms. The second-order valence-corrected chi connectivity index (χ2v) is 5.66. The van der Waals surface area contributed by atoms with Gasteiger partial charge in [0, 0.05) is 32.8 Å². The molecule has 0 bridgehead atoms. The van der Waals surface area contributed by atoms with Gasteiger partial charge in [-0.05, 0) is 34.1 Å². The summed E-state index contributed by atoms with van der Waals surface area (Å²) in [5, 5.41) is 4.19. The van der Waals surface area contributed by atoms with Crippen LogP contribution in [-0.4, -0.2) is 11.5 Å². The summed E-state index contributed by atoms with van der Waals surface area (Å²) < 4.78 is 1.80. The predicted molar refractivity (Wildman–Crippen MR) is 80.4 cm³/mol. The van der Waals surface area contributed by atoms with Crippen LogP contribution in [0.5, 0.6) is 0 Å². The van der Waals surface area contributed by atoms with Crippen molar-refractivity contribution < 1.29 is 0 Å². The largest absolute Gasteiger partial charge is 0.398 e. The topological polar surface area (TPSA) is 50.9 Å². The minimum Gasteiger partial charge on any atom is -0.398 e. The lowest BCUT2D eigenvalue weighted by Gasteiger charge is -2.10. The molecule has 1 heterocycles. The van der Waals surface area contributed by atoms with Crippen LogP contribution in [0.3, 0.4) is 0 Å². The van der Waals surface area contributed by atoms with Crippen LogP contribution in [0.2, 0.25) is 0 Å². The molecule has 0 fully saturated rings. The molecule has 3 N–H and O–H groups in total. The van der Waals surface area contributed by atoms with E-state index in [2.05, 4.69) is 48.7 Å². The SMILES string of the molecule is C=C(Br)CNc1ccc(N)c2cc(Br)cnc12. The molecule has 0 amide bonds. The van der Waals surface area contributed by atoms with E-state index in [0.29, 0.717) is 6.54 Å². The molecule has 0 aliphatic carbocycles. The number of nitrogen functional groups attached to an aromatic ring is 1. The second kappa shape index (κ2) is 5.06. The van der Waals surface area contributed by atoms with Crippen LogP contribution in [0.25, 0.3) is 10.9 Å². The molecule has 0 aliphatic rings. The highest BCUT2D eigenvalue weighted by molar-refractivity contribution is 9.11. The van der Waals surface area contributed by atoms with Gasteiger partial charge in [0.05, 0.1) is 11.2 Å². The van der Waals surface area contributed by atoms with E-state index in [1.807, 2.05) is 18.2 Å². The van der Waals surface area contributed by atoms with Gasteiger partial charge in [0.25, 0.3) is 0 Å². The van der Waals surface area contributed by atoms with Crippen molar-refractivity contribution in [1.82, 2.24) is 4.98 Å². The van der Waals surface area contributed by atoms with Crippen molar-refractivity contribution in [2.75, 3.05) is 17.6 Å². The van der Waals surface area contributed by atoms with Gasteiger partial charge >= 0.3 is 0 Å². The molecule has 3 nitrogen and oxygen atoms in total. The number of benzene rings is 1. The first-order valence-corrected chi connectivity index (χ1v) is 6.57.